The summed E-state index contributed by atoms with van der Waals surface area (Å²) >= 11 is 3.35. The molecule has 158 valence electrons. The molecule has 0 radical (unpaired) electrons. The third-order valence-electron chi connectivity index (χ3n) is 3.96. The van der Waals surface area contributed by atoms with E-state index in [1.54, 1.807) is 42.7 Å². The van der Waals surface area contributed by atoms with Crippen molar-refractivity contribution in [2.75, 3.05) is 67.8 Å². The highest BCUT2D eigenvalue weighted by molar-refractivity contribution is 9.09. The van der Waals surface area contributed by atoms with E-state index in [0.29, 0.717) is 19.3 Å². The minimum absolute atomic E-state index is 0.333. The van der Waals surface area contributed by atoms with Gasteiger partial charge in [-0.05, 0) is 12.8 Å². The van der Waals surface area contributed by atoms with Crippen LogP contribution in [-0.2, 0) is 36.0 Å². The molecule has 8 nitrogen and oxygen atoms in total. The summed E-state index contributed by atoms with van der Waals surface area (Å²) in [5.74, 6) is 0. The summed E-state index contributed by atoms with van der Waals surface area (Å²) in [6.45, 7) is 2.24. The van der Waals surface area contributed by atoms with Crippen LogP contribution in [0.3, 0.4) is 0 Å². The predicted octanol–water partition coefficient (Wildman–Crippen LogP) is 2.32. The van der Waals surface area contributed by atoms with Gasteiger partial charge in [0.1, 0.15) is 6.10 Å². The first-order valence-corrected chi connectivity index (χ1v) is 13.6. The topological polar surface area (TPSA) is 77.1 Å². The Bertz CT molecular complexity index is 312. The van der Waals surface area contributed by atoms with Crippen molar-refractivity contribution >= 4 is 33.5 Å². The van der Waals surface area contributed by atoms with Crippen molar-refractivity contribution in [2.24, 2.45) is 0 Å². The number of hydrogen-bond donors (Lipinski definition) is 0. The molecule has 1 aliphatic heterocycles. The largest absolute Gasteiger partial charge is 0.500 e. The van der Waals surface area contributed by atoms with E-state index in [0.717, 1.165) is 36.9 Å². The molecule has 1 fully saturated rings. The van der Waals surface area contributed by atoms with Gasteiger partial charge in [-0.2, -0.15) is 0 Å². The Morgan fingerprint density at radius 3 is 1.58 bits per heavy atom. The summed E-state index contributed by atoms with van der Waals surface area (Å²) in [5, 5.41) is 0.956. The Hall–Kier alpha value is 0.594. The third kappa shape index (κ3) is 10.8. The van der Waals surface area contributed by atoms with Crippen LogP contribution in [0, 0.1) is 0 Å². The van der Waals surface area contributed by atoms with Crippen LogP contribution in [-0.4, -0.2) is 91.5 Å². The van der Waals surface area contributed by atoms with Crippen molar-refractivity contribution in [3.63, 3.8) is 0 Å². The lowest BCUT2D eigenvalue weighted by molar-refractivity contribution is 0.100. The minimum atomic E-state index is -2.39. The average Bonchev–Trinajstić information content (AvgIpc) is 3.52. The van der Waals surface area contributed by atoms with Gasteiger partial charge < -0.3 is 36.0 Å². The van der Waals surface area contributed by atoms with Crippen LogP contribution in [0.5, 0.6) is 0 Å². The van der Waals surface area contributed by atoms with E-state index < -0.39 is 17.6 Å². The second-order valence-electron chi connectivity index (χ2n) is 5.52. The van der Waals surface area contributed by atoms with Crippen molar-refractivity contribution in [3.8, 4) is 0 Å². The summed E-state index contributed by atoms with van der Waals surface area (Å²) in [5.41, 5.74) is 0. The number of rotatable bonds is 15. The van der Waals surface area contributed by atoms with Gasteiger partial charge in [0.25, 0.3) is 0 Å². The quantitative estimate of drug-likeness (QED) is 0.153. The fraction of sp³-hybridized carbons (Fsp3) is 1.00. The molecule has 0 N–H and O–H groups in total. The summed E-state index contributed by atoms with van der Waals surface area (Å²) < 4.78 is 42.0. The fourth-order valence-electron chi connectivity index (χ4n) is 2.17. The lowest BCUT2D eigenvalue weighted by atomic mass is 10.5. The molecule has 0 aromatic carbocycles. The van der Waals surface area contributed by atoms with E-state index in [-0.39, 0.29) is 0 Å². The standard InChI is InChI=1S/C9H20O5Si.C6H15BrO3Si/c1-10-15(11-2,12-3)6-4-5-13-7-9-8-14-9;1-8-11(9-2,10-3)6-4-5-7/h9H,4-8H2,1-3H3;4-6H2,1-3H3. The third-order valence-corrected chi connectivity index (χ3v) is 10.2. The zero-order valence-electron chi connectivity index (χ0n) is 16.9. The lowest BCUT2D eigenvalue weighted by Crippen LogP contribution is -2.42. The maximum atomic E-state index is 5.42. The Balaban J connectivity index is 0.000000508. The second kappa shape index (κ2) is 15.5. The van der Waals surface area contributed by atoms with Crippen LogP contribution in [0.1, 0.15) is 12.8 Å². The molecule has 1 atom stereocenters. The molecule has 0 amide bonds. The average molecular weight is 480 g/mol. The van der Waals surface area contributed by atoms with E-state index in [2.05, 4.69) is 15.9 Å². The normalized spacial score (nSPS) is 17.0. The maximum Gasteiger partial charge on any atom is 0.500 e. The number of halogens is 1. The molecule has 0 aromatic heterocycles. The van der Waals surface area contributed by atoms with Crippen molar-refractivity contribution in [2.45, 2.75) is 31.0 Å². The number of epoxide rings is 1. The molecular formula is C15H35BrO8Si2. The molecule has 26 heavy (non-hydrogen) atoms. The fourth-order valence-corrected chi connectivity index (χ4v) is 6.38. The SMILES string of the molecule is CO[Si](CCCBr)(OC)OC.CO[Si](CCCOCC1CO1)(OC)OC. The van der Waals surface area contributed by atoms with E-state index in [1.165, 1.54) is 0 Å². The number of hydrogen-bond acceptors (Lipinski definition) is 8. The minimum Gasteiger partial charge on any atom is -0.379 e. The van der Waals surface area contributed by atoms with Crippen LogP contribution < -0.4 is 0 Å². The highest BCUT2D eigenvalue weighted by Crippen LogP contribution is 2.16. The van der Waals surface area contributed by atoms with Crippen molar-refractivity contribution in [3.05, 3.63) is 0 Å². The summed E-state index contributed by atoms with van der Waals surface area (Å²) in [6.07, 6.45) is 2.23. The molecule has 0 aromatic rings. The van der Waals surface area contributed by atoms with Crippen LogP contribution in [0.15, 0.2) is 0 Å². The first kappa shape index (κ1) is 26.6. The zero-order valence-corrected chi connectivity index (χ0v) is 20.5. The molecule has 0 aliphatic carbocycles. The van der Waals surface area contributed by atoms with Crippen molar-refractivity contribution in [1.82, 2.24) is 0 Å². The van der Waals surface area contributed by atoms with E-state index >= 15 is 0 Å². The highest BCUT2D eigenvalue weighted by atomic mass is 79.9. The van der Waals surface area contributed by atoms with Crippen LogP contribution >= 0.6 is 15.9 Å². The molecule has 1 saturated heterocycles. The monoisotopic (exact) mass is 478 g/mol. The molecule has 1 rings (SSSR count). The van der Waals surface area contributed by atoms with Crippen molar-refractivity contribution < 1.29 is 36.0 Å². The first-order valence-electron chi connectivity index (χ1n) is 8.57. The van der Waals surface area contributed by atoms with Crippen LogP contribution in [0.2, 0.25) is 12.1 Å². The number of ether oxygens (including phenoxy) is 2. The molecule has 0 bridgehead atoms. The Morgan fingerprint density at radius 2 is 1.23 bits per heavy atom. The van der Waals surface area contributed by atoms with Gasteiger partial charge in [0.15, 0.2) is 0 Å². The molecule has 1 heterocycles. The highest BCUT2D eigenvalue weighted by Gasteiger charge is 2.37. The second-order valence-corrected chi connectivity index (χ2v) is 12.5. The summed E-state index contributed by atoms with van der Waals surface area (Å²) in [7, 11) is 5.11. The molecule has 0 spiro atoms. The molecule has 1 aliphatic rings. The van der Waals surface area contributed by atoms with E-state index in [4.69, 9.17) is 36.0 Å². The molecule has 0 saturated carbocycles. The lowest BCUT2D eigenvalue weighted by Gasteiger charge is -2.24. The van der Waals surface area contributed by atoms with Crippen molar-refractivity contribution in [1.29, 1.82) is 0 Å². The predicted molar refractivity (Wildman–Crippen MR) is 107 cm³/mol. The smallest absolute Gasteiger partial charge is 0.379 e. The zero-order chi connectivity index (χ0) is 19.9. The van der Waals surface area contributed by atoms with Gasteiger partial charge in [0.05, 0.1) is 13.2 Å². The first-order chi connectivity index (χ1) is 12.5. The van der Waals surface area contributed by atoms with Gasteiger partial charge in [-0.1, -0.05) is 15.9 Å². The maximum absolute atomic E-state index is 5.42. The van der Waals surface area contributed by atoms with Gasteiger partial charge in [-0.25, -0.2) is 0 Å². The van der Waals surface area contributed by atoms with Crippen LogP contribution in [0.4, 0.5) is 0 Å². The van der Waals surface area contributed by atoms with Gasteiger partial charge in [-0.3, -0.25) is 0 Å². The molecular weight excluding hydrogens is 444 g/mol. The van der Waals surface area contributed by atoms with Gasteiger partial charge >= 0.3 is 17.6 Å². The molecule has 11 heteroatoms. The Labute approximate surface area is 168 Å². The molecule has 1 unspecified atom stereocenters. The van der Waals surface area contributed by atoms with Gasteiger partial charge in [0.2, 0.25) is 0 Å². The summed E-state index contributed by atoms with van der Waals surface area (Å²) in [6, 6.07) is 1.64. The van der Waals surface area contributed by atoms with Gasteiger partial charge in [0, 0.05) is 66.7 Å². The van der Waals surface area contributed by atoms with Crippen LogP contribution in [0.25, 0.3) is 0 Å². The summed E-state index contributed by atoms with van der Waals surface area (Å²) in [4.78, 5) is 0. The van der Waals surface area contributed by atoms with E-state index in [1.807, 2.05) is 0 Å². The van der Waals surface area contributed by atoms with Gasteiger partial charge in [-0.15, -0.1) is 0 Å². The number of alkyl halides is 1. The Kier molecular flexibility index (Phi) is 15.9. The Morgan fingerprint density at radius 1 is 0.808 bits per heavy atom. The van der Waals surface area contributed by atoms with E-state index in [9.17, 15) is 0 Å².